The zero-order valence-corrected chi connectivity index (χ0v) is 16.7. The summed E-state index contributed by atoms with van der Waals surface area (Å²) in [4.78, 5) is 25.3. The van der Waals surface area contributed by atoms with E-state index in [-0.39, 0.29) is 22.7 Å². The molecule has 32 heavy (non-hydrogen) atoms. The minimum absolute atomic E-state index is 0.0263. The lowest BCUT2D eigenvalue weighted by atomic mass is 10.1. The summed E-state index contributed by atoms with van der Waals surface area (Å²) in [7, 11) is 0. The van der Waals surface area contributed by atoms with Crippen LogP contribution >= 0.6 is 0 Å². The summed E-state index contributed by atoms with van der Waals surface area (Å²) in [5.41, 5.74) is -0.785. The standard InChI is InChI=1S/C23H16F3NO5/c1-13-8-9-14-18(11-13)32-21(17-7-4-10-30-17)22(20(14)29)31-12-19(28)27-16-6-3-2-5-15(16)23(24,25)26/h2-11H,12H2,1H3,(H,27,28). The van der Waals surface area contributed by atoms with Crippen LogP contribution in [0.15, 0.2) is 74.5 Å². The van der Waals surface area contributed by atoms with Gasteiger partial charge in [0, 0.05) is 0 Å². The van der Waals surface area contributed by atoms with Gasteiger partial charge < -0.3 is 18.9 Å². The predicted octanol–water partition coefficient (Wildman–Crippen LogP) is 5.40. The highest BCUT2D eigenvalue weighted by atomic mass is 19.4. The lowest BCUT2D eigenvalue weighted by molar-refractivity contribution is -0.137. The van der Waals surface area contributed by atoms with Crippen LogP contribution in [0.5, 0.6) is 5.75 Å². The predicted molar refractivity (Wildman–Crippen MR) is 110 cm³/mol. The number of hydrogen-bond donors (Lipinski definition) is 1. The van der Waals surface area contributed by atoms with E-state index < -0.39 is 35.4 Å². The van der Waals surface area contributed by atoms with Gasteiger partial charge in [0.05, 0.1) is 22.9 Å². The Balaban J connectivity index is 1.64. The quantitative estimate of drug-likeness (QED) is 0.447. The van der Waals surface area contributed by atoms with Gasteiger partial charge in [-0.05, 0) is 48.9 Å². The number of hydrogen-bond acceptors (Lipinski definition) is 5. The van der Waals surface area contributed by atoms with E-state index in [0.29, 0.717) is 5.58 Å². The number of carbonyl (C=O) groups is 1. The fourth-order valence-electron chi connectivity index (χ4n) is 3.15. The van der Waals surface area contributed by atoms with Crippen molar-refractivity contribution >= 4 is 22.6 Å². The van der Waals surface area contributed by atoms with Crippen LogP contribution in [0.1, 0.15) is 11.1 Å². The first kappa shape index (κ1) is 21.2. The zero-order valence-electron chi connectivity index (χ0n) is 16.7. The number of ether oxygens (including phenoxy) is 1. The van der Waals surface area contributed by atoms with Crippen molar-refractivity contribution in [2.75, 3.05) is 11.9 Å². The third-order valence-corrected chi connectivity index (χ3v) is 4.61. The molecule has 0 aliphatic rings. The van der Waals surface area contributed by atoms with Crippen molar-refractivity contribution in [2.45, 2.75) is 13.1 Å². The van der Waals surface area contributed by atoms with Crippen molar-refractivity contribution in [3.63, 3.8) is 0 Å². The van der Waals surface area contributed by atoms with Gasteiger partial charge in [0.2, 0.25) is 16.9 Å². The fourth-order valence-corrected chi connectivity index (χ4v) is 3.15. The van der Waals surface area contributed by atoms with E-state index in [2.05, 4.69) is 5.32 Å². The monoisotopic (exact) mass is 443 g/mol. The summed E-state index contributed by atoms with van der Waals surface area (Å²) in [5, 5.41) is 2.39. The number of para-hydroxylation sites is 1. The summed E-state index contributed by atoms with van der Waals surface area (Å²) in [6, 6.07) is 12.6. The second kappa shape index (κ2) is 8.26. The molecular formula is C23H16F3NO5. The summed E-state index contributed by atoms with van der Waals surface area (Å²) < 4.78 is 56.0. The molecule has 9 heteroatoms. The maximum Gasteiger partial charge on any atom is 0.418 e. The highest BCUT2D eigenvalue weighted by Crippen LogP contribution is 2.35. The molecule has 0 radical (unpaired) electrons. The molecule has 2 aromatic heterocycles. The van der Waals surface area contributed by atoms with Crippen LogP contribution in [0.25, 0.3) is 22.5 Å². The maximum absolute atomic E-state index is 13.1. The lowest BCUT2D eigenvalue weighted by Gasteiger charge is -2.14. The van der Waals surface area contributed by atoms with Gasteiger partial charge in [0.1, 0.15) is 5.58 Å². The number of nitrogens with one attached hydrogen (secondary N) is 1. The molecular weight excluding hydrogens is 427 g/mol. The molecule has 6 nitrogen and oxygen atoms in total. The molecule has 1 N–H and O–H groups in total. The number of aryl methyl sites for hydroxylation is 1. The zero-order chi connectivity index (χ0) is 22.9. The number of anilines is 1. The number of alkyl halides is 3. The number of halogens is 3. The van der Waals surface area contributed by atoms with E-state index in [1.165, 1.54) is 18.4 Å². The Kier molecular flexibility index (Phi) is 5.48. The van der Waals surface area contributed by atoms with Crippen molar-refractivity contribution in [2.24, 2.45) is 0 Å². The molecule has 0 bridgehead atoms. The summed E-state index contributed by atoms with van der Waals surface area (Å²) >= 11 is 0. The molecule has 1 amide bonds. The van der Waals surface area contributed by atoms with Crippen molar-refractivity contribution in [3.05, 3.63) is 82.2 Å². The smallest absolute Gasteiger partial charge is 0.418 e. The van der Waals surface area contributed by atoms with E-state index in [1.54, 1.807) is 30.3 Å². The number of benzene rings is 2. The van der Waals surface area contributed by atoms with Crippen LogP contribution in [0.4, 0.5) is 18.9 Å². The van der Waals surface area contributed by atoms with Crippen LogP contribution in [0.3, 0.4) is 0 Å². The van der Waals surface area contributed by atoms with Gasteiger partial charge in [-0.3, -0.25) is 9.59 Å². The van der Waals surface area contributed by atoms with Crippen LogP contribution in [0, 0.1) is 6.92 Å². The number of amides is 1. The number of fused-ring (bicyclic) bond motifs is 1. The van der Waals surface area contributed by atoms with E-state index in [1.807, 2.05) is 6.92 Å². The van der Waals surface area contributed by atoms with Crippen LogP contribution in [-0.4, -0.2) is 12.5 Å². The van der Waals surface area contributed by atoms with Crippen molar-refractivity contribution < 1.29 is 31.5 Å². The second-order valence-corrected chi connectivity index (χ2v) is 6.95. The molecule has 4 rings (SSSR count). The highest BCUT2D eigenvalue weighted by Gasteiger charge is 2.33. The Morgan fingerprint density at radius 1 is 1.09 bits per heavy atom. The topological polar surface area (TPSA) is 81.7 Å². The van der Waals surface area contributed by atoms with Crippen LogP contribution < -0.4 is 15.5 Å². The Labute approximate surface area is 179 Å². The average molecular weight is 443 g/mol. The minimum atomic E-state index is -4.64. The van der Waals surface area contributed by atoms with Gasteiger partial charge in [-0.1, -0.05) is 18.2 Å². The first-order valence-electron chi connectivity index (χ1n) is 9.44. The second-order valence-electron chi connectivity index (χ2n) is 6.95. The Bertz CT molecular complexity index is 1340. The third kappa shape index (κ3) is 4.22. The van der Waals surface area contributed by atoms with Gasteiger partial charge in [-0.25, -0.2) is 0 Å². The van der Waals surface area contributed by atoms with Gasteiger partial charge in [-0.2, -0.15) is 13.2 Å². The SMILES string of the molecule is Cc1ccc2c(=O)c(OCC(=O)Nc3ccccc3C(F)(F)F)c(-c3ccco3)oc2c1. The number of carbonyl (C=O) groups excluding carboxylic acids is 1. The first-order valence-corrected chi connectivity index (χ1v) is 9.44. The largest absolute Gasteiger partial charge is 0.476 e. The summed E-state index contributed by atoms with van der Waals surface area (Å²) in [6.45, 7) is 1.11. The molecule has 2 aromatic carbocycles. The van der Waals surface area contributed by atoms with Gasteiger partial charge in [-0.15, -0.1) is 0 Å². The highest BCUT2D eigenvalue weighted by molar-refractivity contribution is 5.93. The van der Waals surface area contributed by atoms with E-state index in [4.69, 9.17) is 13.6 Å². The first-order chi connectivity index (χ1) is 15.2. The van der Waals surface area contributed by atoms with Crippen LogP contribution in [-0.2, 0) is 11.0 Å². The van der Waals surface area contributed by atoms with E-state index in [9.17, 15) is 22.8 Å². The van der Waals surface area contributed by atoms with E-state index >= 15 is 0 Å². The number of furan rings is 1. The lowest BCUT2D eigenvalue weighted by Crippen LogP contribution is -2.24. The van der Waals surface area contributed by atoms with Crippen molar-refractivity contribution in [1.82, 2.24) is 0 Å². The molecule has 0 unspecified atom stereocenters. The minimum Gasteiger partial charge on any atom is -0.476 e. The Morgan fingerprint density at radius 2 is 1.88 bits per heavy atom. The molecule has 164 valence electrons. The number of rotatable bonds is 5. The van der Waals surface area contributed by atoms with Crippen LogP contribution in [0.2, 0.25) is 0 Å². The maximum atomic E-state index is 13.1. The molecule has 0 spiro atoms. The van der Waals surface area contributed by atoms with Gasteiger partial charge in [0.25, 0.3) is 5.91 Å². The molecule has 0 saturated carbocycles. The molecule has 0 fully saturated rings. The third-order valence-electron chi connectivity index (χ3n) is 4.61. The molecule has 0 saturated heterocycles. The van der Waals surface area contributed by atoms with Crippen molar-refractivity contribution in [1.29, 1.82) is 0 Å². The summed E-state index contributed by atoms with van der Waals surface area (Å²) in [6.07, 6.45) is -3.27. The summed E-state index contributed by atoms with van der Waals surface area (Å²) in [5.74, 6) is -0.990. The molecule has 0 aliphatic heterocycles. The normalized spacial score (nSPS) is 11.5. The van der Waals surface area contributed by atoms with E-state index in [0.717, 1.165) is 17.7 Å². The Morgan fingerprint density at radius 3 is 2.59 bits per heavy atom. The molecule has 0 atom stereocenters. The van der Waals surface area contributed by atoms with Crippen molar-refractivity contribution in [3.8, 4) is 17.3 Å². The Hall–Kier alpha value is -4.01. The molecule has 0 aliphatic carbocycles. The molecule has 2 heterocycles. The fraction of sp³-hybridized carbons (Fsp3) is 0.130. The average Bonchev–Trinajstić information content (AvgIpc) is 3.27. The van der Waals surface area contributed by atoms with Gasteiger partial charge in [0.15, 0.2) is 12.4 Å². The molecule has 4 aromatic rings. The van der Waals surface area contributed by atoms with Gasteiger partial charge >= 0.3 is 6.18 Å².